The Balaban J connectivity index is 2.17. The van der Waals surface area contributed by atoms with E-state index in [4.69, 9.17) is 5.11 Å². The molecule has 0 aliphatic carbocycles. The van der Waals surface area contributed by atoms with Crippen LogP contribution in [0.4, 0.5) is 4.39 Å². The summed E-state index contributed by atoms with van der Waals surface area (Å²) in [4.78, 5) is 18.8. The molecule has 1 heterocycles. The summed E-state index contributed by atoms with van der Waals surface area (Å²) in [6.45, 7) is -0.125. The fraction of sp³-hybridized carbons (Fsp3) is 0.143. The maximum atomic E-state index is 13.2. The van der Waals surface area contributed by atoms with E-state index in [0.717, 1.165) is 6.07 Å². The summed E-state index contributed by atoms with van der Waals surface area (Å²) in [6, 6.07) is 3.73. The van der Waals surface area contributed by atoms with Gasteiger partial charge in [0.25, 0.3) is 5.91 Å². The number of imidazole rings is 1. The minimum Gasteiger partial charge on any atom is -0.384 e. The number of nitrogens with one attached hydrogen (secondary N) is 2. The molecule has 0 radical (unpaired) electrons. The van der Waals surface area contributed by atoms with Crippen LogP contribution in [0.25, 0.3) is 0 Å². The molecule has 0 saturated carbocycles. The molecule has 2 aromatic rings. The van der Waals surface area contributed by atoms with Crippen LogP contribution in [0.3, 0.4) is 0 Å². The highest BCUT2D eigenvalue weighted by Gasteiger charge is 2.11. The van der Waals surface area contributed by atoms with Crippen molar-refractivity contribution in [2.24, 2.45) is 0 Å². The number of carbonyl (C=O) groups excluding carboxylic acids is 1. The SMILES string of the molecule is O=C(NCc1ncc[nH]1)c1cc(F)ccc1C#CCO. The van der Waals surface area contributed by atoms with Gasteiger partial charge in [-0.15, -0.1) is 0 Å². The molecule has 5 nitrogen and oxygen atoms in total. The van der Waals surface area contributed by atoms with Crippen LogP contribution in [-0.2, 0) is 6.54 Å². The van der Waals surface area contributed by atoms with Gasteiger partial charge in [0.15, 0.2) is 0 Å². The molecule has 0 aliphatic rings. The number of aliphatic hydroxyl groups excluding tert-OH is 1. The molecule has 0 aliphatic heterocycles. The van der Waals surface area contributed by atoms with Crippen LogP contribution in [0.2, 0.25) is 0 Å². The van der Waals surface area contributed by atoms with Crippen molar-refractivity contribution in [2.75, 3.05) is 6.61 Å². The van der Waals surface area contributed by atoms with Gasteiger partial charge in [0, 0.05) is 18.0 Å². The molecule has 0 fully saturated rings. The third-order valence-electron chi connectivity index (χ3n) is 2.50. The monoisotopic (exact) mass is 273 g/mol. The normalized spacial score (nSPS) is 9.70. The third kappa shape index (κ3) is 3.43. The van der Waals surface area contributed by atoms with Crippen molar-refractivity contribution < 1.29 is 14.3 Å². The highest BCUT2D eigenvalue weighted by molar-refractivity contribution is 5.96. The van der Waals surface area contributed by atoms with Crippen molar-refractivity contribution in [3.63, 3.8) is 0 Å². The zero-order valence-corrected chi connectivity index (χ0v) is 10.5. The Bertz CT molecular complexity index is 657. The fourth-order valence-corrected chi connectivity index (χ4v) is 1.60. The van der Waals surface area contributed by atoms with Crippen LogP contribution in [0.5, 0.6) is 0 Å². The Morgan fingerprint density at radius 3 is 3.05 bits per heavy atom. The number of rotatable bonds is 3. The molecule has 1 aromatic carbocycles. The van der Waals surface area contributed by atoms with Crippen LogP contribution in [-0.4, -0.2) is 27.6 Å². The molecule has 0 bridgehead atoms. The lowest BCUT2D eigenvalue weighted by molar-refractivity contribution is 0.0949. The zero-order valence-electron chi connectivity index (χ0n) is 10.5. The molecule has 20 heavy (non-hydrogen) atoms. The van der Waals surface area contributed by atoms with Crippen molar-refractivity contribution in [3.8, 4) is 11.8 Å². The highest BCUT2D eigenvalue weighted by atomic mass is 19.1. The van der Waals surface area contributed by atoms with Crippen molar-refractivity contribution in [1.82, 2.24) is 15.3 Å². The topological polar surface area (TPSA) is 78.0 Å². The first-order valence-corrected chi connectivity index (χ1v) is 5.86. The molecule has 0 unspecified atom stereocenters. The number of amides is 1. The Hall–Kier alpha value is -2.65. The minimum absolute atomic E-state index is 0.123. The second kappa shape index (κ2) is 6.50. The number of aromatic nitrogens is 2. The van der Waals surface area contributed by atoms with Gasteiger partial charge >= 0.3 is 0 Å². The fourth-order valence-electron chi connectivity index (χ4n) is 1.60. The average molecular weight is 273 g/mol. The molecule has 1 aromatic heterocycles. The van der Waals surface area contributed by atoms with E-state index in [1.807, 2.05) is 0 Å². The van der Waals surface area contributed by atoms with Gasteiger partial charge in [-0.3, -0.25) is 4.79 Å². The van der Waals surface area contributed by atoms with E-state index >= 15 is 0 Å². The second-order valence-electron chi connectivity index (χ2n) is 3.87. The summed E-state index contributed by atoms with van der Waals surface area (Å²) in [7, 11) is 0. The van der Waals surface area contributed by atoms with Gasteiger partial charge in [-0.05, 0) is 18.2 Å². The number of hydrogen-bond acceptors (Lipinski definition) is 3. The first-order chi connectivity index (χ1) is 9.70. The van der Waals surface area contributed by atoms with Gasteiger partial charge < -0.3 is 15.4 Å². The lowest BCUT2D eigenvalue weighted by atomic mass is 10.1. The van der Waals surface area contributed by atoms with Gasteiger partial charge in [-0.1, -0.05) is 11.8 Å². The average Bonchev–Trinajstić information content (AvgIpc) is 2.96. The van der Waals surface area contributed by atoms with Gasteiger partial charge in [0.1, 0.15) is 18.2 Å². The van der Waals surface area contributed by atoms with Crippen LogP contribution in [0, 0.1) is 17.7 Å². The van der Waals surface area contributed by atoms with E-state index in [1.165, 1.54) is 12.1 Å². The zero-order chi connectivity index (χ0) is 14.4. The van der Waals surface area contributed by atoms with Crippen molar-refractivity contribution in [2.45, 2.75) is 6.54 Å². The number of halogens is 1. The smallest absolute Gasteiger partial charge is 0.253 e. The van der Waals surface area contributed by atoms with Crippen molar-refractivity contribution >= 4 is 5.91 Å². The maximum Gasteiger partial charge on any atom is 0.253 e. The minimum atomic E-state index is -0.525. The highest BCUT2D eigenvalue weighted by Crippen LogP contribution is 2.10. The Labute approximate surface area is 114 Å². The standard InChI is InChI=1S/C14H12FN3O2/c15-11-4-3-10(2-1-7-19)12(8-11)14(20)18-9-13-16-5-6-17-13/h3-6,8,19H,7,9H2,(H,16,17)(H,18,20). The second-order valence-corrected chi connectivity index (χ2v) is 3.87. The van der Waals surface area contributed by atoms with Gasteiger partial charge in [-0.2, -0.15) is 0 Å². The van der Waals surface area contributed by atoms with E-state index < -0.39 is 11.7 Å². The van der Waals surface area contributed by atoms with E-state index in [-0.39, 0.29) is 18.7 Å². The summed E-state index contributed by atoms with van der Waals surface area (Å²) in [6.07, 6.45) is 3.21. The van der Waals surface area contributed by atoms with Crippen LogP contribution >= 0.6 is 0 Å². The molecule has 0 saturated heterocycles. The Kier molecular flexibility index (Phi) is 4.47. The molecule has 0 spiro atoms. The summed E-state index contributed by atoms with van der Waals surface area (Å²) in [5.41, 5.74) is 0.481. The van der Waals surface area contributed by atoms with Crippen LogP contribution in [0.15, 0.2) is 30.6 Å². The molecule has 2 rings (SSSR count). The summed E-state index contributed by atoms with van der Waals surface area (Å²) in [5, 5.41) is 11.3. The molecule has 3 N–H and O–H groups in total. The van der Waals surface area contributed by atoms with E-state index in [2.05, 4.69) is 27.1 Å². The number of aliphatic hydroxyl groups is 1. The summed E-state index contributed by atoms with van der Waals surface area (Å²) < 4.78 is 13.2. The van der Waals surface area contributed by atoms with Gasteiger partial charge in [-0.25, -0.2) is 9.37 Å². The van der Waals surface area contributed by atoms with Crippen molar-refractivity contribution in [3.05, 3.63) is 53.4 Å². The Morgan fingerprint density at radius 1 is 1.50 bits per heavy atom. The van der Waals surface area contributed by atoms with Crippen LogP contribution < -0.4 is 5.32 Å². The molecule has 0 atom stereocenters. The van der Waals surface area contributed by atoms with Crippen molar-refractivity contribution in [1.29, 1.82) is 0 Å². The van der Waals surface area contributed by atoms with Crippen LogP contribution in [0.1, 0.15) is 21.7 Å². The largest absolute Gasteiger partial charge is 0.384 e. The lowest BCUT2D eigenvalue weighted by Crippen LogP contribution is -2.24. The number of H-pyrrole nitrogens is 1. The molecular formula is C14H12FN3O2. The lowest BCUT2D eigenvalue weighted by Gasteiger charge is -2.06. The summed E-state index contributed by atoms with van der Waals surface area (Å²) in [5.74, 6) is 4.66. The predicted molar refractivity (Wildman–Crippen MR) is 70.1 cm³/mol. The third-order valence-corrected chi connectivity index (χ3v) is 2.50. The maximum absolute atomic E-state index is 13.2. The number of aromatic amines is 1. The van der Waals surface area contributed by atoms with Gasteiger partial charge in [0.05, 0.1) is 12.1 Å². The first kappa shape index (κ1) is 13.8. The number of carbonyl (C=O) groups is 1. The van der Waals surface area contributed by atoms with E-state index in [9.17, 15) is 9.18 Å². The van der Waals surface area contributed by atoms with E-state index in [0.29, 0.717) is 11.4 Å². The molecule has 102 valence electrons. The number of benzene rings is 1. The molecule has 1 amide bonds. The quantitative estimate of drug-likeness (QED) is 0.725. The summed E-state index contributed by atoms with van der Waals surface area (Å²) >= 11 is 0. The molecule has 6 heteroatoms. The number of nitrogens with zero attached hydrogens (tertiary/aromatic N) is 1. The number of hydrogen-bond donors (Lipinski definition) is 3. The predicted octanol–water partition coefficient (Wildman–Crippen LogP) is 0.823. The van der Waals surface area contributed by atoms with Gasteiger partial charge in [0.2, 0.25) is 0 Å². The Morgan fingerprint density at radius 2 is 2.35 bits per heavy atom. The molecular weight excluding hydrogens is 261 g/mol. The van der Waals surface area contributed by atoms with E-state index in [1.54, 1.807) is 12.4 Å². The first-order valence-electron chi connectivity index (χ1n) is 5.86.